The molecule has 0 bridgehead atoms. The van der Waals surface area contributed by atoms with Gasteiger partial charge in [-0.05, 0) is 12.1 Å². The average molecular weight is 166 g/mol. The molecule has 1 heterocycles. The molecule has 12 heavy (non-hydrogen) atoms. The second kappa shape index (κ2) is 3.85. The summed E-state index contributed by atoms with van der Waals surface area (Å²) in [6.07, 6.45) is 1.91. The molecular formula is C9H10O3. The van der Waals surface area contributed by atoms with Crippen molar-refractivity contribution in [1.29, 1.82) is 0 Å². The molecule has 0 aliphatic carbocycles. The van der Waals surface area contributed by atoms with Gasteiger partial charge in [-0.25, -0.2) is 0 Å². The molecule has 64 valence electrons. The van der Waals surface area contributed by atoms with Crippen molar-refractivity contribution >= 4 is 12.6 Å². The van der Waals surface area contributed by atoms with Crippen molar-refractivity contribution in [3.8, 4) is 0 Å². The number of hydrogen-bond donors (Lipinski definition) is 0. The molecule has 1 rings (SSSR count). The number of carbonyl (C=O) groups excluding carboxylic acids is 2. The Morgan fingerprint density at radius 2 is 2.25 bits per heavy atom. The van der Waals surface area contributed by atoms with Crippen LogP contribution in [0.4, 0.5) is 0 Å². The lowest BCUT2D eigenvalue weighted by Crippen LogP contribution is -1.91. The number of rotatable bonds is 4. The van der Waals surface area contributed by atoms with Crippen LogP contribution in [0.3, 0.4) is 0 Å². The molecule has 0 saturated heterocycles. The molecule has 0 saturated carbocycles. The lowest BCUT2D eigenvalue weighted by molar-refractivity contribution is -0.108. The Balaban J connectivity index is 2.73. The summed E-state index contributed by atoms with van der Waals surface area (Å²) in [6, 6.07) is 3.32. The molecule has 3 heteroatoms. The van der Waals surface area contributed by atoms with Crippen molar-refractivity contribution < 1.29 is 14.0 Å². The first-order valence-electron chi connectivity index (χ1n) is 3.76. The van der Waals surface area contributed by atoms with E-state index in [0.29, 0.717) is 24.2 Å². The van der Waals surface area contributed by atoms with E-state index in [2.05, 4.69) is 0 Å². The van der Waals surface area contributed by atoms with Gasteiger partial charge in [-0.3, -0.25) is 4.79 Å². The minimum Gasteiger partial charge on any atom is -0.458 e. The van der Waals surface area contributed by atoms with E-state index in [-0.39, 0.29) is 5.92 Å². The summed E-state index contributed by atoms with van der Waals surface area (Å²) in [5, 5.41) is 0. The Bertz CT molecular complexity index is 275. The quantitative estimate of drug-likeness (QED) is 0.640. The van der Waals surface area contributed by atoms with E-state index in [1.165, 1.54) is 0 Å². The van der Waals surface area contributed by atoms with E-state index < -0.39 is 0 Å². The summed E-state index contributed by atoms with van der Waals surface area (Å²) in [4.78, 5) is 20.4. The Morgan fingerprint density at radius 1 is 1.50 bits per heavy atom. The van der Waals surface area contributed by atoms with Gasteiger partial charge in [0.15, 0.2) is 12.0 Å². The van der Waals surface area contributed by atoms with Crippen LogP contribution in [0.2, 0.25) is 0 Å². The van der Waals surface area contributed by atoms with E-state index in [1.807, 2.05) is 6.92 Å². The molecule has 0 aromatic carbocycles. The van der Waals surface area contributed by atoms with Gasteiger partial charge in [-0.1, -0.05) is 6.92 Å². The first-order valence-corrected chi connectivity index (χ1v) is 3.76. The van der Waals surface area contributed by atoms with Crippen LogP contribution in [0, 0.1) is 0 Å². The highest BCUT2D eigenvalue weighted by molar-refractivity contribution is 5.70. The molecule has 3 nitrogen and oxygen atoms in total. The van der Waals surface area contributed by atoms with Crippen LogP contribution in [0.1, 0.15) is 35.6 Å². The van der Waals surface area contributed by atoms with Crippen molar-refractivity contribution in [3.63, 3.8) is 0 Å². The normalized spacial score (nSPS) is 12.4. The van der Waals surface area contributed by atoms with Crippen LogP contribution >= 0.6 is 0 Å². The number of carbonyl (C=O) groups is 2. The van der Waals surface area contributed by atoms with E-state index in [9.17, 15) is 9.59 Å². The molecule has 1 aromatic heterocycles. The summed E-state index contributed by atoms with van der Waals surface area (Å²) in [6.45, 7) is 1.88. The molecule has 0 radical (unpaired) electrons. The maximum atomic E-state index is 10.2. The van der Waals surface area contributed by atoms with Gasteiger partial charge in [0.1, 0.15) is 12.0 Å². The second-order valence-corrected chi connectivity index (χ2v) is 2.66. The van der Waals surface area contributed by atoms with Crippen LogP contribution in [-0.4, -0.2) is 12.6 Å². The van der Waals surface area contributed by atoms with Crippen molar-refractivity contribution in [2.45, 2.75) is 19.3 Å². The van der Waals surface area contributed by atoms with E-state index in [1.54, 1.807) is 12.1 Å². The van der Waals surface area contributed by atoms with Crippen molar-refractivity contribution in [1.82, 2.24) is 0 Å². The van der Waals surface area contributed by atoms with Gasteiger partial charge < -0.3 is 9.21 Å². The van der Waals surface area contributed by atoms with Gasteiger partial charge in [0.05, 0.1) is 0 Å². The molecule has 0 aliphatic heterocycles. The zero-order chi connectivity index (χ0) is 8.97. The molecular weight excluding hydrogens is 156 g/mol. The molecule has 0 aliphatic rings. The minimum absolute atomic E-state index is 0.0520. The maximum Gasteiger partial charge on any atom is 0.185 e. The molecule has 0 N–H and O–H groups in total. The van der Waals surface area contributed by atoms with E-state index in [0.717, 1.165) is 6.29 Å². The monoisotopic (exact) mass is 166 g/mol. The summed E-state index contributed by atoms with van der Waals surface area (Å²) in [7, 11) is 0. The lowest BCUT2D eigenvalue weighted by atomic mass is 10.1. The Labute approximate surface area is 70.4 Å². The highest BCUT2D eigenvalue weighted by Gasteiger charge is 2.08. The predicted molar refractivity (Wildman–Crippen MR) is 43.2 cm³/mol. The molecule has 0 amide bonds. The van der Waals surface area contributed by atoms with Crippen LogP contribution < -0.4 is 0 Å². The van der Waals surface area contributed by atoms with Crippen molar-refractivity contribution in [2.24, 2.45) is 0 Å². The van der Waals surface area contributed by atoms with Gasteiger partial charge in [0.25, 0.3) is 0 Å². The average Bonchev–Trinajstić information content (AvgIpc) is 2.52. The van der Waals surface area contributed by atoms with Crippen LogP contribution in [0.15, 0.2) is 16.5 Å². The molecule has 1 atom stereocenters. The topological polar surface area (TPSA) is 47.3 Å². The second-order valence-electron chi connectivity index (χ2n) is 2.66. The highest BCUT2D eigenvalue weighted by Crippen LogP contribution is 2.19. The SMILES string of the molecule is CC(CC=O)c1ccc(C=O)o1. The molecule has 0 fully saturated rings. The van der Waals surface area contributed by atoms with Crippen molar-refractivity contribution in [3.05, 3.63) is 23.7 Å². The Kier molecular flexibility index (Phi) is 2.80. The van der Waals surface area contributed by atoms with Crippen LogP contribution in [0.25, 0.3) is 0 Å². The first-order chi connectivity index (χ1) is 5.77. The first kappa shape index (κ1) is 8.71. The fourth-order valence-electron chi connectivity index (χ4n) is 0.957. The fraction of sp³-hybridized carbons (Fsp3) is 0.333. The zero-order valence-corrected chi connectivity index (χ0v) is 6.82. The summed E-state index contributed by atoms with van der Waals surface area (Å²) < 4.78 is 5.12. The third-order valence-corrected chi connectivity index (χ3v) is 1.70. The summed E-state index contributed by atoms with van der Waals surface area (Å²) in [5.41, 5.74) is 0. The highest BCUT2D eigenvalue weighted by atomic mass is 16.3. The maximum absolute atomic E-state index is 10.2. The van der Waals surface area contributed by atoms with Gasteiger partial charge in [-0.15, -0.1) is 0 Å². The summed E-state index contributed by atoms with van der Waals surface area (Å²) in [5.74, 6) is 1.04. The zero-order valence-electron chi connectivity index (χ0n) is 6.82. The smallest absolute Gasteiger partial charge is 0.185 e. The Morgan fingerprint density at radius 3 is 2.75 bits per heavy atom. The largest absolute Gasteiger partial charge is 0.458 e. The Hall–Kier alpha value is -1.38. The van der Waals surface area contributed by atoms with Gasteiger partial charge in [-0.2, -0.15) is 0 Å². The number of furan rings is 1. The molecule has 0 spiro atoms. The summed E-state index contributed by atoms with van der Waals surface area (Å²) >= 11 is 0. The number of hydrogen-bond acceptors (Lipinski definition) is 3. The van der Waals surface area contributed by atoms with Crippen LogP contribution in [-0.2, 0) is 4.79 Å². The third-order valence-electron chi connectivity index (χ3n) is 1.70. The standard InChI is InChI=1S/C9H10O3/c1-7(4-5-10)9-3-2-8(6-11)12-9/h2-3,5-7H,4H2,1H3. The molecule has 1 aromatic rings. The minimum atomic E-state index is 0.0520. The van der Waals surface area contributed by atoms with Crippen LogP contribution in [0.5, 0.6) is 0 Å². The van der Waals surface area contributed by atoms with E-state index >= 15 is 0 Å². The predicted octanol–water partition coefficient (Wildman–Crippen LogP) is 1.78. The van der Waals surface area contributed by atoms with E-state index in [4.69, 9.17) is 4.42 Å². The molecule has 1 unspecified atom stereocenters. The van der Waals surface area contributed by atoms with Gasteiger partial charge in [0.2, 0.25) is 0 Å². The third kappa shape index (κ3) is 1.81. The number of aldehydes is 2. The van der Waals surface area contributed by atoms with Gasteiger partial charge in [0, 0.05) is 12.3 Å². The van der Waals surface area contributed by atoms with Crippen molar-refractivity contribution in [2.75, 3.05) is 0 Å². The lowest BCUT2D eigenvalue weighted by Gasteiger charge is -2.01. The fourth-order valence-corrected chi connectivity index (χ4v) is 0.957. The van der Waals surface area contributed by atoms with Gasteiger partial charge >= 0.3 is 0 Å².